The molecule has 1 heterocycles. The molecule has 2 aromatic rings. The highest BCUT2D eigenvalue weighted by molar-refractivity contribution is 8.03. The zero-order chi connectivity index (χ0) is 19.2. The summed E-state index contributed by atoms with van der Waals surface area (Å²) in [5, 5.41) is 0.917. The van der Waals surface area contributed by atoms with E-state index >= 15 is 0 Å². The third kappa shape index (κ3) is 4.64. The summed E-state index contributed by atoms with van der Waals surface area (Å²) in [7, 11) is 0. The summed E-state index contributed by atoms with van der Waals surface area (Å²) in [6, 6.07) is 18.7. The molecule has 0 radical (unpaired) electrons. The van der Waals surface area contributed by atoms with Gasteiger partial charge < -0.3 is 4.74 Å². The van der Waals surface area contributed by atoms with Crippen molar-refractivity contribution in [3.05, 3.63) is 83.4 Å². The summed E-state index contributed by atoms with van der Waals surface area (Å²) in [6.07, 6.45) is 2.28. The maximum Gasteiger partial charge on any atom is 0.414 e. The lowest BCUT2D eigenvalue weighted by molar-refractivity contribution is 0.165. The molecule has 140 valence electrons. The Hall–Kier alpha value is -2.46. The predicted octanol–water partition coefficient (Wildman–Crippen LogP) is 6.30. The van der Waals surface area contributed by atoms with Gasteiger partial charge in [0, 0.05) is 4.90 Å². The fourth-order valence-corrected chi connectivity index (χ4v) is 4.10. The van der Waals surface area contributed by atoms with Gasteiger partial charge in [-0.15, -0.1) is 6.58 Å². The first-order chi connectivity index (χ1) is 13.1. The first kappa shape index (κ1) is 19.3. The number of rotatable bonds is 7. The molecule has 27 heavy (non-hydrogen) atoms. The molecule has 0 aromatic heterocycles. The Morgan fingerprint density at radius 1 is 1.19 bits per heavy atom. The number of ether oxygens (including phenoxy) is 1. The van der Waals surface area contributed by atoms with Crippen LogP contribution in [0.2, 0.25) is 0 Å². The highest BCUT2D eigenvalue weighted by Crippen LogP contribution is 2.38. The zero-order valence-corrected chi connectivity index (χ0v) is 16.7. The van der Waals surface area contributed by atoms with E-state index in [-0.39, 0.29) is 6.09 Å². The van der Waals surface area contributed by atoms with Gasteiger partial charge in [0.15, 0.2) is 0 Å². The van der Waals surface area contributed by atoms with Gasteiger partial charge in [0.1, 0.15) is 6.61 Å². The molecule has 0 saturated carbocycles. The standard InChI is InChI=1S/C23H25NO2S/c1-4-8-21(19-9-6-5-7-10-19)22(24-15-16-26-23(24)25)27-20-13-11-18(12-14-20)17(2)3/h4-7,9-14,17H,1,8,15-16H2,2-3H3/b22-21+. The Balaban J connectivity index is 2.04. The number of benzene rings is 2. The molecular formula is C23H25NO2S. The molecule has 1 aliphatic rings. The molecule has 3 rings (SSSR count). The number of allylic oxidation sites excluding steroid dienone is 2. The fourth-order valence-electron chi connectivity index (χ4n) is 3.00. The van der Waals surface area contributed by atoms with Crippen LogP contribution in [0.4, 0.5) is 4.79 Å². The third-order valence-corrected chi connectivity index (χ3v) is 5.66. The van der Waals surface area contributed by atoms with Crippen molar-refractivity contribution in [1.82, 2.24) is 4.90 Å². The monoisotopic (exact) mass is 379 g/mol. The molecule has 0 N–H and O–H groups in total. The van der Waals surface area contributed by atoms with Crippen LogP contribution in [-0.4, -0.2) is 24.1 Å². The molecule has 0 atom stereocenters. The van der Waals surface area contributed by atoms with Crippen molar-refractivity contribution >= 4 is 23.4 Å². The van der Waals surface area contributed by atoms with E-state index in [9.17, 15) is 4.79 Å². The summed E-state index contributed by atoms with van der Waals surface area (Å²) < 4.78 is 5.21. The van der Waals surface area contributed by atoms with Gasteiger partial charge >= 0.3 is 6.09 Å². The topological polar surface area (TPSA) is 29.5 Å². The lowest BCUT2D eigenvalue weighted by Crippen LogP contribution is -2.23. The summed E-state index contributed by atoms with van der Waals surface area (Å²) in [6.45, 7) is 9.28. The Labute approximate surface area is 165 Å². The first-order valence-corrected chi connectivity index (χ1v) is 10.0. The molecule has 2 aromatic carbocycles. The Bertz CT molecular complexity index is 825. The van der Waals surface area contributed by atoms with Gasteiger partial charge in [-0.25, -0.2) is 4.79 Å². The van der Waals surface area contributed by atoms with Crippen molar-refractivity contribution in [3.8, 4) is 0 Å². The van der Waals surface area contributed by atoms with Crippen LogP contribution in [0.25, 0.3) is 5.57 Å². The van der Waals surface area contributed by atoms with Gasteiger partial charge in [0.05, 0.1) is 11.6 Å². The summed E-state index contributed by atoms with van der Waals surface area (Å²) in [4.78, 5) is 15.2. The van der Waals surface area contributed by atoms with E-state index in [1.54, 1.807) is 16.7 Å². The number of carbonyl (C=O) groups is 1. The maximum atomic E-state index is 12.3. The molecule has 1 saturated heterocycles. The van der Waals surface area contributed by atoms with Gasteiger partial charge in [-0.3, -0.25) is 4.90 Å². The Morgan fingerprint density at radius 2 is 1.89 bits per heavy atom. The van der Waals surface area contributed by atoms with Crippen molar-refractivity contribution < 1.29 is 9.53 Å². The van der Waals surface area contributed by atoms with Crippen molar-refractivity contribution in [2.45, 2.75) is 31.1 Å². The second-order valence-corrected chi connectivity index (χ2v) is 7.80. The minimum absolute atomic E-state index is 0.284. The van der Waals surface area contributed by atoms with Crippen molar-refractivity contribution in [1.29, 1.82) is 0 Å². The van der Waals surface area contributed by atoms with Crippen LogP contribution in [-0.2, 0) is 4.74 Å². The van der Waals surface area contributed by atoms with Crippen molar-refractivity contribution in [2.75, 3.05) is 13.2 Å². The second-order valence-electron chi connectivity index (χ2n) is 6.73. The molecule has 1 aliphatic heterocycles. The number of hydrogen-bond donors (Lipinski definition) is 0. The minimum atomic E-state index is -0.284. The molecule has 0 aliphatic carbocycles. The number of amides is 1. The van der Waals surface area contributed by atoms with Crippen LogP contribution < -0.4 is 0 Å². The van der Waals surface area contributed by atoms with Gasteiger partial charge in [-0.05, 0) is 41.2 Å². The number of hydrogen-bond acceptors (Lipinski definition) is 3. The maximum absolute atomic E-state index is 12.3. The van der Waals surface area contributed by atoms with Crippen LogP contribution in [0.3, 0.4) is 0 Å². The quantitative estimate of drug-likeness (QED) is 0.418. The normalized spacial score (nSPS) is 14.9. The average Bonchev–Trinajstić information content (AvgIpc) is 3.11. The highest BCUT2D eigenvalue weighted by atomic mass is 32.2. The van der Waals surface area contributed by atoms with Gasteiger partial charge in [0.2, 0.25) is 0 Å². The number of carbonyl (C=O) groups excluding carboxylic acids is 1. The molecule has 0 bridgehead atoms. The molecule has 1 fully saturated rings. The lowest BCUT2D eigenvalue weighted by atomic mass is 10.0. The van der Waals surface area contributed by atoms with Gasteiger partial charge in [0.25, 0.3) is 0 Å². The van der Waals surface area contributed by atoms with E-state index in [4.69, 9.17) is 4.74 Å². The van der Waals surface area contributed by atoms with E-state index in [0.29, 0.717) is 25.5 Å². The highest BCUT2D eigenvalue weighted by Gasteiger charge is 2.28. The predicted molar refractivity (Wildman–Crippen MR) is 113 cm³/mol. The van der Waals surface area contributed by atoms with E-state index in [2.05, 4.69) is 56.8 Å². The van der Waals surface area contributed by atoms with Gasteiger partial charge in [-0.1, -0.05) is 74.1 Å². The molecule has 3 nitrogen and oxygen atoms in total. The minimum Gasteiger partial charge on any atom is -0.447 e. The number of nitrogens with zero attached hydrogens (tertiary/aromatic N) is 1. The van der Waals surface area contributed by atoms with Gasteiger partial charge in [-0.2, -0.15) is 0 Å². The summed E-state index contributed by atoms with van der Waals surface area (Å²) in [5.41, 5.74) is 3.49. The number of thioether (sulfide) groups is 1. The molecule has 0 spiro atoms. The smallest absolute Gasteiger partial charge is 0.414 e. The van der Waals surface area contributed by atoms with E-state index in [0.717, 1.165) is 21.1 Å². The van der Waals surface area contributed by atoms with Crippen LogP contribution in [0.15, 0.2) is 77.2 Å². The first-order valence-electron chi connectivity index (χ1n) is 9.21. The largest absolute Gasteiger partial charge is 0.447 e. The molecule has 1 amide bonds. The van der Waals surface area contributed by atoms with Crippen LogP contribution in [0.5, 0.6) is 0 Å². The Kier molecular flexibility index (Phi) is 6.40. The average molecular weight is 380 g/mol. The van der Waals surface area contributed by atoms with Crippen LogP contribution in [0.1, 0.15) is 37.3 Å². The van der Waals surface area contributed by atoms with Crippen LogP contribution >= 0.6 is 11.8 Å². The molecule has 4 heteroatoms. The second kappa shape index (κ2) is 8.96. The third-order valence-electron chi connectivity index (χ3n) is 4.50. The molecule has 0 unspecified atom stereocenters. The SMILES string of the molecule is C=CC/C(=C(\Sc1ccc(C(C)C)cc1)N1CCOC1=O)c1ccccc1. The Morgan fingerprint density at radius 3 is 2.44 bits per heavy atom. The van der Waals surface area contributed by atoms with E-state index in [1.807, 2.05) is 24.3 Å². The fraction of sp³-hybridized carbons (Fsp3) is 0.261. The van der Waals surface area contributed by atoms with Crippen LogP contribution in [0, 0.1) is 0 Å². The summed E-state index contributed by atoms with van der Waals surface area (Å²) in [5.74, 6) is 0.494. The molecular weight excluding hydrogens is 354 g/mol. The van der Waals surface area contributed by atoms with E-state index in [1.165, 1.54) is 5.56 Å². The zero-order valence-electron chi connectivity index (χ0n) is 15.9. The summed E-state index contributed by atoms with van der Waals surface area (Å²) >= 11 is 1.61. The number of cyclic esters (lactones) is 1. The van der Waals surface area contributed by atoms with E-state index < -0.39 is 0 Å². The lowest BCUT2D eigenvalue weighted by Gasteiger charge is -2.21. The van der Waals surface area contributed by atoms with Crippen molar-refractivity contribution in [2.24, 2.45) is 0 Å². The van der Waals surface area contributed by atoms with Crippen molar-refractivity contribution in [3.63, 3.8) is 0 Å².